The Labute approximate surface area is 312 Å². The van der Waals surface area contributed by atoms with E-state index >= 15 is 0 Å². The second-order valence-corrected chi connectivity index (χ2v) is 13.7. The molecule has 2 unspecified atom stereocenters. The van der Waals surface area contributed by atoms with Crippen LogP contribution in [0.3, 0.4) is 0 Å². The number of benzene rings is 2. The number of hydrogen-bond acceptors (Lipinski definition) is 6. The minimum absolute atomic E-state index is 0.0925. The summed E-state index contributed by atoms with van der Waals surface area (Å²) in [6.45, 7) is 6.57. The van der Waals surface area contributed by atoms with E-state index in [1.807, 2.05) is 59.3 Å². The molecule has 0 saturated carbocycles. The Balaban J connectivity index is 0.000000476. The molecule has 1 aromatic heterocycles. The Morgan fingerprint density at radius 3 is 2.17 bits per heavy atom. The first-order chi connectivity index (χ1) is 25.1. The third-order valence-corrected chi connectivity index (χ3v) is 9.05. The molecule has 0 radical (unpaired) electrons. The second kappa shape index (κ2) is 18.7. The molecule has 4 N–H and O–H groups in total. The number of carboxylic acid groups (broad SMARTS) is 2. The molecule has 0 bridgehead atoms. The standard InChI is InChI=1S/C31H41ClN6O2.2C2HF3O2/c1-21(26-18-33-27-9-6-5-8-25(26)27)29(34-31(40)37-13-7-12-36(4)14-15-37)30(39)38-20-22(19-35(2)3)16-23-17-24(32)10-11-28(23)38;2*3-2(4,5)1(6)7/h5-6,8-11,17-18,21-22,29,33H,7,12-16,19-20H2,1-4H3,(H,34,40);2*(H,6,7)/t21?,22-,29?;;/m1../s1. The summed E-state index contributed by atoms with van der Waals surface area (Å²) in [4.78, 5) is 57.6. The molecule has 1 fully saturated rings. The summed E-state index contributed by atoms with van der Waals surface area (Å²) in [6, 6.07) is 12.9. The van der Waals surface area contributed by atoms with Crippen LogP contribution in [0.25, 0.3) is 10.9 Å². The second-order valence-electron chi connectivity index (χ2n) is 13.3. The van der Waals surface area contributed by atoms with Gasteiger partial charge in [-0.05, 0) is 81.8 Å². The van der Waals surface area contributed by atoms with E-state index in [1.54, 1.807) is 0 Å². The van der Waals surface area contributed by atoms with Gasteiger partial charge < -0.3 is 40.1 Å². The van der Waals surface area contributed by atoms with Crippen molar-refractivity contribution < 1.29 is 55.7 Å². The number of rotatable bonds is 6. The van der Waals surface area contributed by atoms with Gasteiger partial charge in [-0.1, -0.05) is 36.7 Å². The van der Waals surface area contributed by atoms with Gasteiger partial charge in [0.2, 0.25) is 5.91 Å². The third-order valence-electron chi connectivity index (χ3n) is 8.82. The SMILES string of the molecule is CC(c1c[nH]c2ccccc12)C(NC(=O)N1CCCN(C)CC1)C(=O)N1C[C@@H](CN(C)C)Cc2cc(Cl)ccc21.O=C(O)C(F)(F)F.O=C(O)C(F)(F)F. The van der Waals surface area contributed by atoms with Crippen molar-refractivity contribution >= 4 is 52.1 Å². The average Bonchev–Trinajstić information content (AvgIpc) is 3.39. The van der Waals surface area contributed by atoms with Crippen LogP contribution in [0.2, 0.25) is 5.02 Å². The highest BCUT2D eigenvalue weighted by Crippen LogP contribution is 2.35. The van der Waals surface area contributed by atoms with Crippen LogP contribution >= 0.6 is 11.6 Å². The topological polar surface area (TPSA) is 150 Å². The zero-order valence-electron chi connectivity index (χ0n) is 30.0. The zero-order chi connectivity index (χ0) is 40.5. The van der Waals surface area contributed by atoms with Crippen LogP contribution in [0.4, 0.5) is 36.8 Å². The summed E-state index contributed by atoms with van der Waals surface area (Å²) in [5, 5.41) is 19.2. The van der Waals surface area contributed by atoms with E-state index in [-0.39, 0.29) is 23.8 Å². The summed E-state index contributed by atoms with van der Waals surface area (Å²) >= 11 is 6.39. The predicted octanol–water partition coefficient (Wildman–Crippen LogP) is 5.67. The highest BCUT2D eigenvalue weighted by molar-refractivity contribution is 6.30. The van der Waals surface area contributed by atoms with Crippen molar-refractivity contribution in [3.8, 4) is 0 Å². The van der Waals surface area contributed by atoms with E-state index in [1.165, 1.54) is 0 Å². The molecular weight excluding hydrogens is 750 g/mol. The van der Waals surface area contributed by atoms with Crippen molar-refractivity contribution in [1.29, 1.82) is 0 Å². The molecule has 5 rings (SSSR count). The maximum atomic E-state index is 14.6. The van der Waals surface area contributed by atoms with Crippen LogP contribution in [0.1, 0.15) is 30.4 Å². The highest BCUT2D eigenvalue weighted by Gasteiger charge is 2.40. The van der Waals surface area contributed by atoms with E-state index < -0.39 is 30.3 Å². The molecule has 2 aromatic carbocycles. The van der Waals surface area contributed by atoms with Crippen LogP contribution in [0.5, 0.6) is 0 Å². The van der Waals surface area contributed by atoms with E-state index in [0.717, 1.165) is 60.2 Å². The van der Waals surface area contributed by atoms with Gasteiger partial charge in [0.25, 0.3) is 0 Å². The Kier molecular flexibility index (Phi) is 15.2. The monoisotopic (exact) mass is 792 g/mol. The first kappa shape index (κ1) is 43.9. The van der Waals surface area contributed by atoms with Crippen molar-refractivity contribution in [2.24, 2.45) is 5.92 Å². The molecule has 3 aromatic rings. The van der Waals surface area contributed by atoms with Gasteiger partial charge in [0.1, 0.15) is 6.04 Å². The summed E-state index contributed by atoms with van der Waals surface area (Å²) < 4.78 is 63.5. The van der Waals surface area contributed by atoms with Crippen molar-refractivity contribution in [2.45, 2.75) is 44.1 Å². The van der Waals surface area contributed by atoms with Crippen LogP contribution in [0.15, 0.2) is 48.7 Å². The Morgan fingerprint density at radius 2 is 1.57 bits per heavy atom. The average molecular weight is 793 g/mol. The number of likely N-dealkylation sites (N-methyl/N-ethyl adjacent to an activating group) is 1. The normalized spacial score (nSPS) is 17.6. The smallest absolute Gasteiger partial charge is 0.475 e. The number of aromatic nitrogens is 1. The van der Waals surface area contributed by atoms with Crippen molar-refractivity contribution in [3.05, 3.63) is 64.8 Å². The number of fused-ring (bicyclic) bond motifs is 2. The van der Waals surface area contributed by atoms with Gasteiger partial charge in [-0.3, -0.25) is 4.79 Å². The largest absolute Gasteiger partial charge is 0.490 e. The molecule has 2 aliphatic heterocycles. The van der Waals surface area contributed by atoms with Gasteiger partial charge >= 0.3 is 30.3 Å². The predicted molar refractivity (Wildman–Crippen MR) is 190 cm³/mol. The number of para-hydroxylation sites is 1. The number of H-pyrrole nitrogens is 1. The third kappa shape index (κ3) is 12.2. The van der Waals surface area contributed by atoms with Gasteiger partial charge in [-0.2, -0.15) is 26.3 Å². The first-order valence-corrected chi connectivity index (χ1v) is 17.1. The quantitative estimate of drug-likeness (QED) is 0.234. The van der Waals surface area contributed by atoms with Crippen molar-refractivity contribution in [1.82, 2.24) is 25.0 Å². The molecule has 19 heteroatoms. The lowest BCUT2D eigenvalue weighted by molar-refractivity contribution is -0.193. The lowest BCUT2D eigenvalue weighted by atomic mass is 9.88. The fourth-order valence-corrected chi connectivity index (χ4v) is 6.45. The fourth-order valence-electron chi connectivity index (χ4n) is 6.25. The number of aromatic amines is 1. The lowest BCUT2D eigenvalue weighted by Crippen LogP contribution is -2.56. The van der Waals surface area contributed by atoms with Gasteiger partial charge in [0.15, 0.2) is 0 Å². The van der Waals surface area contributed by atoms with Crippen LogP contribution in [-0.2, 0) is 20.8 Å². The van der Waals surface area contributed by atoms with Gasteiger partial charge in [0.05, 0.1) is 0 Å². The van der Waals surface area contributed by atoms with Gasteiger partial charge in [0, 0.05) is 66.5 Å². The van der Waals surface area contributed by atoms with Crippen molar-refractivity contribution in [2.75, 3.05) is 65.3 Å². The van der Waals surface area contributed by atoms with E-state index in [4.69, 9.17) is 31.4 Å². The number of alkyl halides is 6. The molecular formula is C35H43ClF6N6O6. The molecule has 2 aliphatic rings. The number of nitrogens with one attached hydrogen (secondary N) is 2. The number of amides is 3. The number of halogens is 7. The molecule has 1 saturated heterocycles. The molecule has 3 amide bonds. The zero-order valence-corrected chi connectivity index (χ0v) is 30.7. The first-order valence-electron chi connectivity index (χ1n) is 16.7. The number of carbonyl (C=O) groups excluding carboxylic acids is 2. The molecule has 0 spiro atoms. The fraction of sp³-hybridized carbons (Fsp3) is 0.486. The number of aliphatic carboxylic acids is 2. The van der Waals surface area contributed by atoms with Crippen LogP contribution < -0.4 is 10.2 Å². The van der Waals surface area contributed by atoms with Crippen LogP contribution in [-0.4, -0.2) is 133 Å². The van der Waals surface area contributed by atoms with E-state index in [2.05, 4.69) is 47.3 Å². The molecule has 3 atom stereocenters. The summed E-state index contributed by atoms with van der Waals surface area (Å²) in [5.74, 6) is -5.61. The number of hydrogen-bond donors (Lipinski definition) is 4. The molecule has 12 nitrogen and oxygen atoms in total. The van der Waals surface area contributed by atoms with E-state index in [9.17, 15) is 35.9 Å². The van der Waals surface area contributed by atoms with Gasteiger partial charge in [-0.15, -0.1) is 0 Å². The Morgan fingerprint density at radius 1 is 0.963 bits per heavy atom. The minimum atomic E-state index is -5.08. The highest BCUT2D eigenvalue weighted by atomic mass is 35.5. The van der Waals surface area contributed by atoms with Crippen LogP contribution in [0, 0.1) is 5.92 Å². The summed E-state index contributed by atoms with van der Waals surface area (Å²) in [7, 11) is 6.19. The Bertz CT molecular complexity index is 1750. The van der Waals surface area contributed by atoms with Crippen molar-refractivity contribution in [3.63, 3.8) is 0 Å². The maximum Gasteiger partial charge on any atom is 0.490 e. The molecule has 298 valence electrons. The number of carboxylic acids is 2. The Hall–Kier alpha value is -4.55. The maximum absolute atomic E-state index is 14.6. The van der Waals surface area contributed by atoms with Gasteiger partial charge in [-0.25, -0.2) is 14.4 Å². The number of carbonyl (C=O) groups is 4. The lowest BCUT2D eigenvalue weighted by Gasteiger charge is -2.39. The summed E-state index contributed by atoms with van der Waals surface area (Å²) in [5.41, 5.74) is 3.98. The number of nitrogens with zero attached hydrogens (tertiary/aromatic N) is 4. The molecule has 0 aliphatic carbocycles. The molecule has 3 heterocycles. The number of urea groups is 1. The molecule has 54 heavy (non-hydrogen) atoms. The number of anilines is 1. The van der Waals surface area contributed by atoms with E-state index in [0.29, 0.717) is 24.7 Å². The summed E-state index contributed by atoms with van der Waals surface area (Å²) in [6.07, 6.45) is -6.43. The minimum Gasteiger partial charge on any atom is -0.475 e.